The molecule has 1 heterocycles. The van der Waals surface area contributed by atoms with Crippen molar-refractivity contribution in [3.63, 3.8) is 0 Å². The van der Waals surface area contributed by atoms with Crippen molar-refractivity contribution in [1.29, 1.82) is 0 Å². The predicted octanol–water partition coefficient (Wildman–Crippen LogP) is 3.00. The SMILES string of the molecule is COC(=O)C12C[C@@H]3C[C@H](CC(NC(=O)Cc4noc5ccccc45)(C3)C1)C2. The molecule has 0 aliphatic heterocycles. The Balaban J connectivity index is 1.37. The van der Waals surface area contributed by atoms with Gasteiger partial charge in [0.15, 0.2) is 5.58 Å². The van der Waals surface area contributed by atoms with Crippen molar-refractivity contribution in [3.05, 3.63) is 30.0 Å². The second-order valence-corrected chi connectivity index (χ2v) is 8.86. The summed E-state index contributed by atoms with van der Waals surface area (Å²) in [6.07, 6.45) is 5.80. The molecule has 2 atom stereocenters. The van der Waals surface area contributed by atoms with E-state index in [9.17, 15) is 9.59 Å². The molecule has 6 heteroatoms. The van der Waals surface area contributed by atoms with Gasteiger partial charge in [0.2, 0.25) is 5.91 Å². The molecule has 4 aliphatic rings. The number of hydrogen-bond acceptors (Lipinski definition) is 5. The van der Waals surface area contributed by atoms with Crippen molar-refractivity contribution in [1.82, 2.24) is 10.5 Å². The Hall–Kier alpha value is -2.37. The Morgan fingerprint density at radius 3 is 2.70 bits per heavy atom. The van der Waals surface area contributed by atoms with Crippen LogP contribution >= 0.6 is 0 Å². The van der Waals surface area contributed by atoms with Crippen molar-refractivity contribution in [3.8, 4) is 0 Å². The quantitative estimate of drug-likeness (QED) is 0.839. The maximum absolute atomic E-state index is 12.9. The number of methoxy groups -OCH3 is 1. The van der Waals surface area contributed by atoms with Crippen LogP contribution in [-0.4, -0.2) is 29.7 Å². The Kier molecular flexibility index (Phi) is 3.61. The summed E-state index contributed by atoms with van der Waals surface area (Å²) in [5.41, 5.74) is 0.664. The minimum Gasteiger partial charge on any atom is -0.469 e. The lowest BCUT2D eigenvalue weighted by molar-refractivity contribution is -0.173. The van der Waals surface area contributed by atoms with Crippen molar-refractivity contribution >= 4 is 22.8 Å². The van der Waals surface area contributed by atoms with Crippen LogP contribution in [0.15, 0.2) is 28.8 Å². The molecule has 4 bridgehead atoms. The van der Waals surface area contributed by atoms with E-state index in [-0.39, 0.29) is 23.8 Å². The number of esters is 1. The van der Waals surface area contributed by atoms with Gasteiger partial charge < -0.3 is 14.6 Å². The van der Waals surface area contributed by atoms with Crippen LogP contribution in [0.3, 0.4) is 0 Å². The third-order valence-electron chi connectivity index (χ3n) is 6.86. The Morgan fingerprint density at radius 1 is 1.22 bits per heavy atom. The fourth-order valence-electron chi connectivity index (χ4n) is 6.42. The summed E-state index contributed by atoms with van der Waals surface area (Å²) in [4.78, 5) is 25.4. The number of amides is 1. The largest absolute Gasteiger partial charge is 0.469 e. The maximum Gasteiger partial charge on any atom is 0.311 e. The van der Waals surface area contributed by atoms with Crippen LogP contribution in [0.2, 0.25) is 0 Å². The molecule has 0 unspecified atom stereocenters. The normalized spacial score (nSPS) is 34.0. The lowest BCUT2D eigenvalue weighted by atomic mass is 9.47. The van der Waals surface area contributed by atoms with Crippen LogP contribution in [0.1, 0.15) is 44.2 Å². The Morgan fingerprint density at radius 2 is 1.96 bits per heavy atom. The first kappa shape index (κ1) is 16.8. The topological polar surface area (TPSA) is 81.4 Å². The summed E-state index contributed by atoms with van der Waals surface area (Å²) in [7, 11) is 1.47. The molecule has 6 nitrogen and oxygen atoms in total. The van der Waals surface area contributed by atoms with Crippen LogP contribution in [0.4, 0.5) is 0 Å². The number of rotatable bonds is 4. The first-order valence-electron chi connectivity index (χ1n) is 9.74. The smallest absolute Gasteiger partial charge is 0.311 e. The van der Waals surface area contributed by atoms with Gasteiger partial charge in [0.25, 0.3) is 0 Å². The molecule has 6 rings (SSSR count). The van der Waals surface area contributed by atoms with E-state index >= 15 is 0 Å². The number of nitrogens with zero attached hydrogens (tertiary/aromatic N) is 1. The van der Waals surface area contributed by atoms with E-state index in [4.69, 9.17) is 9.26 Å². The van der Waals surface area contributed by atoms with Gasteiger partial charge in [-0.05, 0) is 62.5 Å². The number of ether oxygens (including phenoxy) is 1. The lowest BCUT2D eigenvalue weighted by Gasteiger charge is -2.60. The van der Waals surface area contributed by atoms with Crippen LogP contribution in [-0.2, 0) is 20.7 Å². The molecule has 1 N–H and O–H groups in total. The Bertz CT molecular complexity index is 904. The summed E-state index contributed by atoms with van der Waals surface area (Å²) in [6, 6.07) is 7.58. The Labute approximate surface area is 157 Å². The molecular formula is C21H24N2O4. The van der Waals surface area contributed by atoms with Crippen molar-refractivity contribution in [2.75, 3.05) is 7.11 Å². The molecule has 1 aromatic carbocycles. The van der Waals surface area contributed by atoms with Gasteiger partial charge in [0.05, 0.1) is 18.9 Å². The maximum atomic E-state index is 12.9. The third-order valence-corrected chi connectivity index (χ3v) is 6.86. The molecule has 0 radical (unpaired) electrons. The molecule has 4 aliphatic carbocycles. The molecule has 27 heavy (non-hydrogen) atoms. The van der Waals surface area contributed by atoms with Gasteiger partial charge in [-0.15, -0.1) is 0 Å². The molecule has 4 fully saturated rings. The zero-order valence-electron chi connectivity index (χ0n) is 15.5. The molecule has 1 amide bonds. The highest BCUT2D eigenvalue weighted by atomic mass is 16.5. The van der Waals surface area contributed by atoms with Crippen LogP contribution < -0.4 is 5.32 Å². The summed E-state index contributed by atoms with van der Waals surface area (Å²) in [5.74, 6) is 0.853. The number of carbonyl (C=O) groups is 2. The van der Waals surface area contributed by atoms with Gasteiger partial charge in [-0.25, -0.2) is 0 Å². The second kappa shape index (κ2) is 5.81. The first-order chi connectivity index (χ1) is 13.0. The number of nitrogens with one attached hydrogen (secondary N) is 1. The van der Waals surface area contributed by atoms with E-state index < -0.39 is 5.41 Å². The highest BCUT2D eigenvalue weighted by molar-refractivity contribution is 5.86. The zero-order valence-corrected chi connectivity index (χ0v) is 15.5. The van der Waals surface area contributed by atoms with Crippen molar-refractivity contribution in [2.45, 2.75) is 50.5 Å². The van der Waals surface area contributed by atoms with Gasteiger partial charge in [-0.1, -0.05) is 17.3 Å². The molecule has 4 saturated carbocycles. The third kappa shape index (κ3) is 2.65. The van der Waals surface area contributed by atoms with Gasteiger partial charge in [-0.2, -0.15) is 0 Å². The predicted molar refractivity (Wildman–Crippen MR) is 97.7 cm³/mol. The van der Waals surface area contributed by atoms with Crippen molar-refractivity contribution < 1.29 is 18.8 Å². The number of para-hydroxylation sites is 1. The summed E-state index contributed by atoms with van der Waals surface area (Å²) >= 11 is 0. The van der Waals surface area contributed by atoms with Gasteiger partial charge in [-0.3, -0.25) is 9.59 Å². The van der Waals surface area contributed by atoms with E-state index in [2.05, 4.69) is 10.5 Å². The first-order valence-corrected chi connectivity index (χ1v) is 9.74. The van der Waals surface area contributed by atoms with Crippen LogP contribution in [0.5, 0.6) is 0 Å². The fourth-order valence-corrected chi connectivity index (χ4v) is 6.42. The van der Waals surface area contributed by atoms with E-state index in [0.717, 1.165) is 31.1 Å². The highest BCUT2D eigenvalue weighted by Gasteiger charge is 2.61. The van der Waals surface area contributed by atoms with Crippen LogP contribution in [0, 0.1) is 17.3 Å². The lowest BCUT2D eigenvalue weighted by Crippen LogP contribution is -2.65. The van der Waals surface area contributed by atoms with E-state index in [1.807, 2.05) is 24.3 Å². The highest BCUT2D eigenvalue weighted by Crippen LogP contribution is 2.62. The van der Waals surface area contributed by atoms with Gasteiger partial charge in [0, 0.05) is 10.9 Å². The van der Waals surface area contributed by atoms with E-state index in [0.29, 0.717) is 29.5 Å². The molecule has 2 aromatic rings. The van der Waals surface area contributed by atoms with Crippen molar-refractivity contribution in [2.24, 2.45) is 17.3 Å². The van der Waals surface area contributed by atoms with Gasteiger partial charge >= 0.3 is 5.97 Å². The minimum atomic E-state index is -0.410. The number of aromatic nitrogens is 1. The monoisotopic (exact) mass is 368 g/mol. The molecule has 1 aromatic heterocycles. The number of hydrogen-bond donors (Lipinski definition) is 1. The van der Waals surface area contributed by atoms with Crippen LogP contribution in [0.25, 0.3) is 11.0 Å². The molecule has 0 spiro atoms. The summed E-state index contributed by atoms with van der Waals surface area (Å²) in [5, 5.41) is 8.26. The fraction of sp³-hybridized carbons (Fsp3) is 0.571. The average Bonchev–Trinajstić information content (AvgIpc) is 3.02. The minimum absolute atomic E-state index is 0.0454. The average molecular weight is 368 g/mol. The molecule has 0 saturated heterocycles. The van der Waals surface area contributed by atoms with E-state index in [1.165, 1.54) is 13.5 Å². The number of carbonyl (C=O) groups excluding carboxylic acids is 2. The molecular weight excluding hydrogens is 344 g/mol. The number of benzene rings is 1. The number of fused-ring (bicyclic) bond motifs is 1. The van der Waals surface area contributed by atoms with E-state index in [1.54, 1.807) is 0 Å². The summed E-state index contributed by atoms with van der Waals surface area (Å²) < 4.78 is 10.5. The molecule has 142 valence electrons. The zero-order chi connectivity index (χ0) is 18.6. The standard InChI is InChI=1S/C21H24N2O4/c1-26-19(25)20-8-13-6-14(9-20)11-21(10-13,12-20)22-18(24)7-16-15-4-2-3-5-17(15)27-23-16/h2-5,13-14H,6-12H2,1H3,(H,22,24)/t13-,14-,20?,21?/m0/s1. The van der Waals surface area contributed by atoms with Gasteiger partial charge in [0.1, 0.15) is 5.69 Å². The second-order valence-electron chi connectivity index (χ2n) is 8.86. The summed E-state index contributed by atoms with van der Waals surface area (Å²) in [6.45, 7) is 0.